The molecule has 4 rings (SSSR count). The highest BCUT2D eigenvalue weighted by molar-refractivity contribution is 5.65. The smallest absolute Gasteiger partial charge is 0.119 e. The van der Waals surface area contributed by atoms with Gasteiger partial charge in [0.15, 0.2) is 0 Å². The Hall–Kier alpha value is -3.60. The zero-order chi connectivity index (χ0) is 26.0. The summed E-state index contributed by atoms with van der Waals surface area (Å²) in [6.07, 6.45) is 2.10. The largest absolute Gasteiger partial charge is 0.494 e. The monoisotopic (exact) mass is 496 g/mol. The number of rotatable bonds is 12. The number of hydrogen-bond acceptors (Lipinski definition) is 4. The zero-order valence-corrected chi connectivity index (χ0v) is 21.6. The molecule has 37 heavy (non-hydrogen) atoms. The quantitative estimate of drug-likeness (QED) is 0.197. The molecule has 0 spiro atoms. The highest BCUT2D eigenvalue weighted by atomic mass is 16.5. The summed E-state index contributed by atoms with van der Waals surface area (Å²) >= 11 is 0. The van der Waals surface area contributed by atoms with Crippen molar-refractivity contribution in [3.05, 3.63) is 108 Å². The standard InChI is InChI=1S/C33H36O4/c1-24(34)26-6-10-28(11-7-26)30-14-18-32(19-15-30)36-22-4-3-5-23-37-33-20-16-31(17-21-33)29-12-8-27(9-13-29)25(2)35/h6-21,24-25,34-35H,3-5,22-23H2,1-2H3. The molecule has 4 aromatic carbocycles. The Morgan fingerprint density at radius 1 is 0.459 bits per heavy atom. The zero-order valence-electron chi connectivity index (χ0n) is 21.6. The lowest BCUT2D eigenvalue weighted by Crippen LogP contribution is -2.01. The lowest BCUT2D eigenvalue weighted by Gasteiger charge is -2.10. The fourth-order valence-corrected chi connectivity index (χ4v) is 4.16. The molecule has 0 saturated heterocycles. The van der Waals surface area contributed by atoms with Crippen LogP contribution in [0.2, 0.25) is 0 Å². The molecule has 0 fully saturated rings. The Bertz CT molecular complexity index is 1110. The van der Waals surface area contributed by atoms with E-state index in [1.165, 1.54) is 0 Å². The lowest BCUT2D eigenvalue weighted by molar-refractivity contribution is 0.199. The highest BCUT2D eigenvalue weighted by Gasteiger charge is 2.04. The Morgan fingerprint density at radius 3 is 1.05 bits per heavy atom. The van der Waals surface area contributed by atoms with Gasteiger partial charge in [0, 0.05) is 0 Å². The summed E-state index contributed by atoms with van der Waals surface area (Å²) in [5.41, 5.74) is 6.34. The summed E-state index contributed by atoms with van der Waals surface area (Å²) in [6, 6.07) is 32.3. The van der Waals surface area contributed by atoms with Crippen LogP contribution in [0.4, 0.5) is 0 Å². The number of aliphatic hydroxyl groups is 2. The summed E-state index contributed by atoms with van der Waals surface area (Å²) in [4.78, 5) is 0. The van der Waals surface area contributed by atoms with E-state index in [0.717, 1.165) is 64.1 Å². The maximum atomic E-state index is 9.66. The van der Waals surface area contributed by atoms with E-state index >= 15 is 0 Å². The molecule has 0 aromatic heterocycles. The van der Waals surface area contributed by atoms with Crippen molar-refractivity contribution >= 4 is 0 Å². The SMILES string of the molecule is CC(O)c1ccc(-c2ccc(OCCCCCOc3ccc(-c4ccc(C(C)O)cc4)cc3)cc2)cc1. The molecule has 0 aliphatic rings. The number of hydrogen-bond donors (Lipinski definition) is 2. The molecule has 4 aromatic rings. The predicted octanol–water partition coefficient (Wildman–Crippen LogP) is 7.76. The third kappa shape index (κ3) is 7.69. The van der Waals surface area contributed by atoms with Crippen LogP contribution in [-0.4, -0.2) is 23.4 Å². The summed E-state index contributed by atoms with van der Waals surface area (Å²) in [7, 11) is 0. The van der Waals surface area contributed by atoms with Gasteiger partial charge in [-0.25, -0.2) is 0 Å². The van der Waals surface area contributed by atoms with E-state index in [0.29, 0.717) is 13.2 Å². The first-order valence-electron chi connectivity index (χ1n) is 13.0. The van der Waals surface area contributed by atoms with Crippen LogP contribution in [0.15, 0.2) is 97.1 Å². The molecule has 0 aliphatic carbocycles. The van der Waals surface area contributed by atoms with Gasteiger partial charge < -0.3 is 19.7 Å². The molecule has 0 aliphatic heterocycles. The van der Waals surface area contributed by atoms with Crippen LogP contribution in [0.1, 0.15) is 56.4 Å². The maximum Gasteiger partial charge on any atom is 0.119 e. The van der Waals surface area contributed by atoms with E-state index in [1.807, 2.05) is 72.8 Å². The van der Waals surface area contributed by atoms with Crippen molar-refractivity contribution in [2.24, 2.45) is 0 Å². The number of ether oxygens (including phenoxy) is 2. The Kier molecular flexibility index (Phi) is 9.36. The Balaban J connectivity index is 1.12. The van der Waals surface area contributed by atoms with E-state index in [1.54, 1.807) is 13.8 Å². The topological polar surface area (TPSA) is 58.9 Å². The van der Waals surface area contributed by atoms with E-state index in [2.05, 4.69) is 24.3 Å². The van der Waals surface area contributed by atoms with Crippen molar-refractivity contribution in [2.45, 2.75) is 45.3 Å². The first-order chi connectivity index (χ1) is 18.0. The van der Waals surface area contributed by atoms with Crippen molar-refractivity contribution in [1.82, 2.24) is 0 Å². The van der Waals surface area contributed by atoms with Crippen LogP contribution in [-0.2, 0) is 0 Å². The van der Waals surface area contributed by atoms with Gasteiger partial charge in [-0.3, -0.25) is 0 Å². The normalized spacial score (nSPS) is 12.6. The predicted molar refractivity (Wildman–Crippen MR) is 150 cm³/mol. The minimum atomic E-state index is -0.449. The Morgan fingerprint density at radius 2 is 0.757 bits per heavy atom. The van der Waals surface area contributed by atoms with Crippen LogP contribution in [0.5, 0.6) is 11.5 Å². The van der Waals surface area contributed by atoms with Crippen LogP contribution in [0.3, 0.4) is 0 Å². The molecular formula is C33H36O4. The van der Waals surface area contributed by atoms with Crippen LogP contribution >= 0.6 is 0 Å². The van der Waals surface area contributed by atoms with Crippen molar-refractivity contribution in [3.63, 3.8) is 0 Å². The average molecular weight is 497 g/mol. The molecule has 0 saturated carbocycles. The number of benzene rings is 4. The van der Waals surface area contributed by atoms with Crippen LogP contribution < -0.4 is 9.47 Å². The van der Waals surface area contributed by atoms with Gasteiger partial charge in [0.2, 0.25) is 0 Å². The van der Waals surface area contributed by atoms with Crippen LogP contribution in [0, 0.1) is 0 Å². The van der Waals surface area contributed by atoms with Gasteiger partial charge in [0.05, 0.1) is 25.4 Å². The van der Waals surface area contributed by atoms with Gasteiger partial charge in [-0.1, -0.05) is 72.8 Å². The van der Waals surface area contributed by atoms with Crippen molar-refractivity contribution < 1.29 is 19.7 Å². The number of unbranched alkanes of at least 4 members (excludes halogenated alkanes) is 2. The Labute approximate surface area is 220 Å². The maximum absolute atomic E-state index is 9.66. The van der Waals surface area contributed by atoms with Gasteiger partial charge in [0.25, 0.3) is 0 Å². The number of aliphatic hydroxyl groups excluding tert-OH is 2. The molecule has 0 heterocycles. The molecule has 2 unspecified atom stereocenters. The third-order valence-electron chi connectivity index (χ3n) is 6.49. The molecule has 2 N–H and O–H groups in total. The molecule has 4 heteroatoms. The first kappa shape index (κ1) is 26.5. The molecule has 192 valence electrons. The van der Waals surface area contributed by atoms with Crippen molar-refractivity contribution in [3.8, 4) is 33.8 Å². The average Bonchev–Trinajstić information content (AvgIpc) is 2.93. The molecular weight excluding hydrogens is 460 g/mol. The van der Waals surface area contributed by atoms with Crippen molar-refractivity contribution in [1.29, 1.82) is 0 Å². The second kappa shape index (κ2) is 13.1. The third-order valence-corrected chi connectivity index (χ3v) is 6.49. The summed E-state index contributed by atoms with van der Waals surface area (Å²) in [5.74, 6) is 1.75. The summed E-state index contributed by atoms with van der Waals surface area (Å²) in [6.45, 7) is 4.92. The first-order valence-corrected chi connectivity index (χ1v) is 13.0. The minimum Gasteiger partial charge on any atom is -0.494 e. The second-order valence-corrected chi connectivity index (χ2v) is 9.40. The summed E-state index contributed by atoms with van der Waals surface area (Å²) < 4.78 is 11.8. The van der Waals surface area contributed by atoms with Crippen molar-refractivity contribution in [2.75, 3.05) is 13.2 Å². The molecule has 2 atom stereocenters. The molecule has 4 nitrogen and oxygen atoms in total. The van der Waals surface area contributed by atoms with Gasteiger partial charge >= 0.3 is 0 Å². The lowest BCUT2D eigenvalue weighted by atomic mass is 10.0. The fourth-order valence-electron chi connectivity index (χ4n) is 4.16. The minimum absolute atomic E-state index is 0.449. The molecule has 0 bridgehead atoms. The highest BCUT2D eigenvalue weighted by Crippen LogP contribution is 2.26. The van der Waals surface area contributed by atoms with E-state index < -0.39 is 12.2 Å². The fraction of sp³-hybridized carbons (Fsp3) is 0.273. The van der Waals surface area contributed by atoms with Gasteiger partial charge in [-0.2, -0.15) is 0 Å². The van der Waals surface area contributed by atoms with Crippen LogP contribution in [0.25, 0.3) is 22.3 Å². The van der Waals surface area contributed by atoms with E-state index in [-0.39, 0.29) is 0 Å². The van der Waals surface area contributed by atoms with Gasteiger partial charge in [0.1, 0.15) is 11.5 Å². The van der Waals surface area contributed by atoms with E-state index in [4.69, 9.17) is 9.47 Å². The second-order valence-electron chi connectivity index (χ2n) is 9.40. The molecule has 0 amide bonds. The van der Waals surface area contributed by atoms with Gasteiger partial charge in [-0.15, -0.1) is 0 Å². The van der Waals surface area contributed by atoms with Gasteiger partial charge in [-0.05, 0) is 90.8 Å². The summed E-state index contributed by atoms with van der Waals surface area (Å²) in [5, 5.41) is 19.3. The molecule has 0 radical (unpaired) electrons. The van der Waals surface area contributed by atoms with E-state index in [9.17, 15) is 10.2 Å².